The molecule has 2 N–H and O–H groups in total. The summed E-state index contributed by atoms with van der Waals surface area (Å²) in [6.45, 7) is 11.7. The number of rotatable bonds is 5. The largest absolute Gasteiger partial charge is 0.393 e. The number of aromatic nitrogens is 4. The van der Waals surface area contributed by atoms with Crippen LogP contribution in [0.1, 0.15) is 80.8 Å². The van der Waals surface area contributed by atoms with E-state index in [9.17, 15) is 5.11 Å². The van der Waals surface area contributed by atoms with Gasteiger partial charge in [-0.1, -0.05) is 43.2 Å². The Bertz CT molecular complexity index is 1220. The summed E-state index contributed by atoms with van der Waals surface area (Å²) in [5.74, 6) is 1.80. The van der Waals surface area contributed by atoms with Crippen molar-refractivity contribution >= 4 is 10.9 Å². The second-order valence-corrected chi connectivity index (χ2v) is 11.1. The third kappa shape index (κ3) is 4.12. The lowest BCUT2D eigenvalue weighted by Crippen LogP contribution is -2.47. The van der Waals surface area contributed by atoms with Crippen LogP contribution in [0, 0.1) is 24.3 Å². The van der Waals surface area contributed by atoms with E-state index in [-0.39, 0.29) is 18.1 Å². The number of fused-ring (bicyclic) bond motifs is 2. The van der Waals surface area contributed by atoms with Crippen LogP contribution in [0.4, 0.5) is 0 Å². The van der Waals surface area contributed by atoms with Crippen molar-refractivity contribution in [2.45, 2.75) is 82.9 Å². The second kappa shape index (κ2) is 9.31. The van der Waals surface area contributed by atoms with Gasteiger partial charge in [0.05, 0.1) is 18.3 Å². The molecule has 1 aliphatic heterocycles. The van der Waals surface area contributed by atoms with E-state index < -0.39 is 0 Å². The van der Waals surface area contributed by atoms with E-state index in [1.54, 1.807) is 0 Å². The summed E-state index contributed by atoms with van der Waals surface area (Å²) < 4.78 is 2.00. The van der Waals surface area contributed by atoms with Crippen molar-refractivity contribution in [3.63, 3.8) is 0 Å². The van der Waals surface area contributed by atoms with Gasteiger partial charge in [-0.2, -0.15) is 11.5 Å². The van der Waals surface area contributed by atoms with Crippen LogP contribution < -0.4 is 0 Å². The van der Waals surface area contributed by atoms with Crippen molar-refractivity contribution in [3.05, 3.63) is 58.9 Å². The third-order valence-electron chi connectivity index (χ3n) is 9.23. The van der Waals surface area contributed by atoms with Gasteiger partial charge in [0.25, 0.3) is 0 Å². The second-order valence-electron chi connectivity index (χ2n) is 11.1. The van der Waals surface area contributed by atoms with E-state index >= 15 is 0 Å². The average Bonchev–Trinajstić information content (AvgIpc) is 3.64. The van der Waals surface area contributed by atoms with Gasteiger partial charge in [0.2, 0.25) is 0 Å². The SMILES string of the molecule is [C-]#[N+]N1C[C@@H]2CC[C@H](O)[C@H](C)[C@H]2C[C@H]1c1[nH]c2ccccc2c1CCn1cc(C2CCCC2)nn1. The Hall–Kier alpha value is -2.85. The van der Waals surface area contributed by atoms with Gasteiger partial charge in [0, 0.05) is 35.3 Å². The monoisotopic (exact) mass is 472 g/mol. The molecule has 0 unspecified atom stereocenters. The highest BCUT2D eigenvalue weighted by molar-refractivity contribution is 5.84. The van der Waals surface area contributed by atoms with Crippen molar-refractivity contribution in [3.8, 4) is 0 Å². The molecule has 1 aromatic carbocycles. The van der Waals surface area contributed by atoms with Crippen molar-refractivity contribution < 1.29 is 5.11 Å². The smallest absolute Gasteiger partial charge is 0.137 e. The minimum Gasteiger partial charge on any atom is -0.393 e. The number of hydrogen-bond donors (Lipinski definition) is 2. The average molecular weight is 473 g/mol. The Morgan fingerprint density at radius 3 is 2.83 bits per heavy atom. The fourth-order valence-electron chi connectivity index (χ4n) is 7.17. The van der Waals surface area contributed by atoms with E-state index in [2.05, 4.69) is 57.6 Å². The molecule has 0 spiro atoms. The third-order valence-corrected chi connectivity index (χ3v) is 9.23. The van der Waals surface area contributed by atoms with Gasteiger partial charge in [-0.25, -0.2) is 0 Å². The molecular weight excluding hydrogens is 436 g/mol. The van der Waals surface area contributed by atoms with Gasteiger partial charge in [-0.15, -0.1) is 10.1 Å². The van der Waals surface area contributed by atoms with Gasteiger partial charge in [-0.3, -0.25) is 4.68 Å². The fourth-order valence-corrected chi connectivity index (χ4v) is 7.17. The zero-order valence-electron chi connectivity index (χ0n) is 20.6. The number of piperidine rings is 1. The van der Waals surface area contributed by atoms with Crippen molar-refractivity contribution in [2.75, 3.05) is 6.54 Å². The molecule has 7 nitrogen and oxygen atoms in total. The minimum absolute atomic E-state index is 0.0219. The van der Waals surface area contributed by atoms with Crippen molar-refractivity contribution in [2.24, 2.45) is 17.8 Å². The molecule has 6 rings (SSSR count). The molecule has 5 atom stereocenters. The molecule has 3 aliphatic rings. The molecule has 3 fully saturated rings. The maximum atomic E-state index is 10.6. The highest BCUT2D eigenvalue weighted by atomic mass is 16.3. The molecule has 3 heterocycles. The normalized spacial score (nSPS) is 29.4. The van der Waals surface area contributed by atoms with Crippen LogP contribution in [-0.4, -0.2) is 42.7 Å². The van der Waals surface area contributed by atoms with Gasteiger partial charge in [0.15, 0.2) is 0 Å². The summed E-state index contributed by atoms with van der Waals surface area (Å²) in [5.41, 5.74) is 4.74. The van der Waals surface area contributed by atoms with Crippen LogP contribution in [0.15, 0.2) is 30.5 Å². The summed E-state index contributed by atoms with van der Waals surface area (Å²) in [7, 11) is 0. The number of nitrogens with zero attached hydrogens (tertiary/aromatic N) is 5. The first-order valence-corrected chi connectivity index (χ1v) is 13.4. The van der Waals surface area contributed by atoms with Gasteiger partial charge < -0.3 is 10.1 Å². The Labute approximate surface area is 207 Å². The van der Waals surface area contributed by atoms with Gasteiger partial charge >= 0.3 is 0 Å². The van der Waals surface area contributed by atoms with Crippen LogP contribution in [-0.2, 0) is 13.0 Å². The zero-order valence-corrected chi connectivity index (χ0v) is 20.6. The number of aryl methyl sites for hydroxylation is 2. The molecule has 3 aromatic rings. The van der Waals surface area contributed by atoms with Crippen LogP contribution in [0.3, 0.4) is 0 Å². The molecule has 7 heteroatoms. The van der Waals surface area contributed by atoms with E-state index in [1.807, 2.05) is 9.69 Å². The predicted octanol–water partition coefficient (Wildman–Crippen LogP) is 5.26. The Kier molecular flexibility index (Phi) is 6.01. The molecule has 0 amide bonds. The van der Waals surface area contributed by atoms with Crippen LogP contribution in [0.25, 0.3) is 15.9 Å². The first kappa shape index (κ1) is 22.6. The van der Waals surface area contributed by atoms with E-state index in [0.29, 0.717) is 17.8 Å². The molecule has 2 aliphatic carbocycles. The number of nitrogens with one attached hydrogen (secondary N) is 1. The Morgan fingerprint density at radius 2 is 2.00 bits per heavy atom. The summed E-state index contributed by atoms with van der Waals surface area (Å²) in [5, 5.41) is 22.7. The van der Waals surface area contributed by atoms with E-state index in [0.717, 1.165) is 50.0 Å². The maximum Gasteiger partial charge on any atom is 0.137 e. The molecule has 0 radical (unpaired) electrons. The molecule has 2 aromatic heterocycles. The highest BCUT2D eigenvalue weighted by Gasteiger charge is 2.46. The predicted molar refractivity (Wildman–Crippen MR) is 135 cm³/mol. The Morgan fingerprint density at radius 1 is 1.17 bits per heavy atom. The lowest BCUT2D eigenvalue weighted by atomic mass is 9.66. The molecule has 35 heavy (non-hydrogen) atoms. The first-order chi connectivity index (χ1) is 17.1. The summed E-state index contributed by atoms with van der Waals surface area (Å²) in [4.78, 5) is 7.70. The summed E-state index contributed by atoms with van der Waals surface area (Å²) in [6.07, 6.45) is 10.6. The topological polar surface area (TPSA) is 74.3 Å². The number of aromatic amines is 1. The van der Waals surface area contributed by atoms with Gasteiger partial charge in [-0.05, 0) is 67.9 Å². The molecule has 2 saturated carbocycles. The lowest BCUT2D eigenvalue weighted by Gasteiger charge is -2.45. The van der Waals surface area contributed by atoms with E-state index in [4.69, 9.17) is 6.57 Å². The first-order valence-electron chi connectivity index (χ1n) is 13.4. The van der Waals surface area contributed by atoms with Crippen molar-refractivity contribution in [1.29, 1.82) is 0 Å². The fraction of sp³-hybridized carbons (Fsp3) is 0.607. The molecule has 0 bridgehead atoms. The Balaban J connectivity index is 1.30. The summed E-state index contributed by atoms with van der Waals surface area (Å²) >= 11 is 0. The number of benzene rings is 1. The standard InChI is InChI=1S/C28H36N6O/c1-18-23-15-26(34(29-2)16-20(23)11-12-27(18)35)28-22(21-9-5-6-10-24(21)30-28)13-14-33-17-25(31-32-33)19-7-3-4-8-19/h5-6,9-10,17-20,23,26-27,30,35H,3-4,7-8,11-16H2,1H3/t18-,20+,23-,26+,27+/m1/s1. The van der Waals surface area contributed by atoms with Crippen LogP contribution >= 0.6 is 0 Å². The van der Waals surface area contributed by atoms with Crippen LogP contribution in [0.2, 0.25) is 0 Å². The van der Waals surface area contributed by atoms with E-state index in [1.165, 1.54) is 42.3 Å². The van der Waals surface area contributed by atoms with Crippen LogP contribution in [0.5, 0.6) is 0 Å². The number of aliphatic hydroxyl groups excluding tert-OH is 1. The molecule has 184 valence electrons. The highest BCUT2D eigenvalue weighted by Crippen LogP contribution is 2.47. The van der Waals surface area contributed by atoms with Gasteiger partial charge in [0.1, 0.15) is 6.04 Å². The maximum absolute atomic E-state index is 10.6. The number of hydrogen-bond acceptors (Lipinski definition) is 4. The number of para-hydroxylation sites is 1. The summed E-state index contributed by atoms with van der Waals surface area (Å²) in [6, 6.07) is 8.52. The van der Waals surface area contributed by atoms with Crippen molar-refractivity contribution in [1.82, 2.24) is 25.0 Å². The molecule has 1 saturated heterocycles. The quantitative estimate of drug-likeness (QED) is 0.497. The number of aliphatic hydroxyl groups is 1. The number of H-pyrrole nitrogens is 1. The minimum atomic E-state index is -0.222. The zero-order chi connectivity index (χ0) is 23.9. The lowest BCUT2D eigenvalue weighted by molar-refractivity contribution is -0.0357. The molecular formula is C28H36N6O.